The molecule has 2 rings (SSSR count). The van der Waals surface area contributed by atoms with Crippen LogP contribution in [0.4, 0.5) is 0 Å². The van der Waals surface area contributed by atoms with Crippen LogP contribution in [0.2, 0.25) is 0 Å². The van der Waals surface area contributed by atoms with Crippen molar-refractivity contribution in [3.8, 4) is 11.5 Å². The number of aryl methyl sites for hydroxylation is 1. The van der Waals surface area contributed by atoms with E-state index in [1.54, 1.807) is 7.11 Å². The zero-order valence-corrected chi connectivity index (χ0v) is 12.1. The third kappa shape index (κ3) is 3.74. The average Bonchev–Trinajstić information content (AvgIpc) is 2.85. The van der Waals surface area contributed by atoms with Crippen LogP contribution in [0.3, 0.4) is 0 Å². The number of hydrogen-bond acceptors (Lipinski definition) is 5. The highest BCUT2D eigenvalue weighted by molar-refractivity contribution is 5.42. The van der Waals surface area contributed by atoms with E-state index >= 15 is 0 Å². The lowest BCUT2D eigenvalue weighted by atomic mass is 10.2. The van der Waals surface area contributed by atoms with E-state index in [9.17, 15) is 0 Å². The van der Waals surface area contributed by atoms with Crippen molar-refractivity contribution >= 4 is 0 Å². The van der Waals surface area contributed by atoms with Crippen LogP contribution < -0.4 is 14.8 Å². The minimum atomic E-state index is 0.617. The number of hydrogen-bond donors (Lipinski definition) is 1. The van der Waals surface area contributed by atoms with E-state index in [1.165, 1.54) is 0 Å². The highest BCUT2D eigenvalue weighted by Crippen LogP contribution is 2.27. The maximum atomic E-state index is 5.56. The molecule has 1 aromatic heterocycles. The minimum absolute atomic E-state index is 0.617. The number of nitrogens with zero attached hydrogens (tertiary/aromatic N) is 1. The summed E-state index contributed by atoms with van der Waals surface area (Å²) in [5, 5.41) is 7.26. The molecule has 1 N–H and O–H groups in total. The van der Waals surface area contributed by atoms with Gasteiger partial charge in [-0.1, -0.05) is 11.2 Å². The van der Waals surface area contributed by atoms with Gasteiger partial charge < -0.3 is 19.3 Å². The third-order valence-electron chi connectivity index (χ3n) is 2.84. The molecule has 0 saturated heterocycles. The van der Waals surface area contributed by atoms with E-state index in [4.69, 9.17) is 14.0 Å². The molecule has 1 aromatic carbocycles. The standard InChI is InChI=1S/C15H20N2O3/c1-4-19-15-8-12(5-6-14(15)18-3)9-16-10-13-7-11(2)20-17-13/h5-8,16H,4,9-10H2,1-3H3. The van der Waals surface area contributed by atoms with E-state index in [-0.39, 0.29) is 0 Å². The first-order chi connectivity index (χ1) is 9.72. The van der Waals surface area contributed by atoms with Crippen LogP contribution >= 0.6 is 0 Å². The van der Waals surface area contributed by atoms with Gasteiger partial charge in [-0.2, -0.15) is 0 Å². The normalized spacial score (nSPS) is 10.6. The highest BCUT2D eigenvalue weighted by atomic mass is 16.5. The van der Waals surface area contributed by atoms with Crippen LogP contribution in [-0.2, 0) is 13.1 Å². The van der Waals surface area contributed by atoms with Crippen LogP contribution in [0, 0.1) is 6.92 Å². The van der Waals surface area contributed by atoms with Gasteiger partial charge in [0, 0.05) is 19.2 Å². The van der Waals surface area contributed by atoms with Crippen molar-refractivity contribution in [1.29, 1.82) is 0 Å². The molecule has 0 saturated carbocycles. The Kier molecular flexibility index (Phi) is 5.01. The molecule has 0 fully saturated rings. The van der Waals surface area contributed by atoms with Gasteiger partial charge in [0.2, 0.25) is 0 Å². The highest BCUT2D eigenvalue weighted by Gasteiger charge is 2.05. The topological polar surface area (TPSA) is 56.5 Å². The van der Waals surface area contributed by atoms with Crippen LogP contribution in [0.1, 0.15) is 23.9 Å². The van der Waals surface area contributed by atoms with Gasteiger partial charge in [0.05, 0.1) is 19.4 Å². The monoisotopic (exact) mass is 276 g/mol. The second-order valence-corrected chi connectivity index (χ2v) is 4.45. The van der Waals surface area contributed by atoms with Crippen LogP contribution in [0.5, 0.6) is 11.5 Å². The molecule has 0 spiro atoms. The lowest BCUT2D eigenvalue weighted by Gasteiger charge is -2.11. The fraction of sp³-hybridized carbons (Fsp3) is 0.400. The Hall–Kier alpha value is -2.01. The molecule has 5 nitrogen and oxygen atoms in total. The van der Waals surface area contributed by atoms with Gasteiger partial charge in [0.25, 0.3) is 0 Å². The van der Waals surface area contributed by atoms with Gasteiger partial charge in [0.1, 0.15) is 5.76 Å². The summed E-state index contributed by atoms with van der Waals surface area (Å²) in [5.74, 6) is 2.35. The molecule has 0 aliphatic rings. The van der Waals surface area contributed by atoms with Gasteiger partial charge in [-0.05, 0) is 31.5 Å². The Balaban J connectivity index is 1.93. The zero-order chi connectivity index (χ0) is 14.4. The summed E-state index contributed by atoms with van der Waals surface area (Å²) in [6.45, 7) is 5.86. The minimum Gasteiger partial charge on any atom is -0.493 e. The summed E-state index contributed by atoms with van der Waals surface area (Å²) < 4.78 is 15.8. The molecule has 0 unspecified atom stereocenters. The van der Waals surface area contributed by atoms with E-state index in [2.05, 4.69) is 10.5 Å². The number of nitrogens with one attached hydrogen (secondary N) is 1. The predicted molar refractivity (Wildman–Crippen MR) is 75.9 cm³/mol. The van der Waals surface area contributed by atoms with Crippen molar-refractivity contribution in [2.75, 3.05) is 13.7 Å². The van der Waals surface area contributed by atoms with Gasteiger partial charge in [-0.25, -0.2) is 0 Å². The summed E-state index contributed by atoms with van der Waals surface area (Å²) in [4.78, 5) is 0. The Morgan fingerprint density at radius 3 is 2.70 bits per heavy atom. The molecule has 5 heteroatoms. The molecular weight excluding hydrogens is 256 g/mol. The van der Waals surface area contributed by atoms with Crippen molar-refractivity contribution < 1.29 is 14.0 Å². The molecule has 0 amide bonds. The second kappa shape index (κ2) is 6.96. The first-order valence-corrected chi connectivity index (χ1v) is 6.65. The molecule has 0 aliphatic carbocycles. The number of aromatic nitrogens is 1. The maximum Gasteiger partial charge on any atom is 0.161 e. The lowest BCUT2D eigenvalue weighted by Crippen LogP contribution is -2.13. The van der Waals surface area contributed by atoms with Gasteiger partial charge in [0.15, 0.2) is 11.5 Å². The van der Waals surface area contributed by atoms with Crippen molar-refractivity contribution in [2.45, 2.75) is 26.9 Å². The number of methoxy groups -OCH3 is 1. The van der Waals surface area contributed by atoms with Gasteiger partial charge >= 0.3 is 0 Å². The van der Waals surface area contributed by atoms with Crippen molar-refractivity contribution in [3.05, 3.63) is 41.3 Å². The molecule has 20 heavy (non-hydrogen) atoms. The Labute approximate surface area is 118 Å². The SMILES string of the molecule is CCOc1cc(CNCc2cc(C)on2)ccc1OC. The van der Waals surface area contributed by atoms with Crippen LogP contribution in [-0.4, -0.2) is 18.9 Å². The molecule has 0 bridgehead atoms. The first kappa shape index (κ1) is 14.4. The number of benzene rings is 1. The molecule has 1 heterocycles. The van der Waals surface area contributed by atoms with E-state index in [1.807, 2.05) is 38.1 Å². The molecule has 0 radical (unpaired) electrons. The second-order valence-electron chi connectivity index (χ2n) is 4.45. The summed E-state index contributed by atoms with van der Waals surface area (Å²) in [6.07, 6.45) is 0. The van der Waals surface area contributed by atoms with E-state index in [0.717, 1.165) is 35.1 Å². The van der Waals surface area contributed by atoms with E-state index < -0.39 is 0 Å². The van der Waals surface area contributed by atoms with Crippen LogP contribution in [0.15, 0.2) is 28.8 Å². The average molecular weight is 276 g/mol. The molecule has 108 valence electrons. The maximum absolute atomic E-state index is 5.56. The van der Waals surface area contributed by atoms with Crippen molar-refractivity contribution in [1.82, 2.24) is 10.5 Å². The van der Waals surface area contributed by atoms with Gasteiger partial charge in [-0.15, -0.1) is 0 Å². The largest absolute Gasteiger partial charge is 0.493 e. The number of ether oxygens (including phenoxy) is 2. The fourth-order valence-electron chi connectivity index (χ4n) is 1.94. The number of rotatable bonds is 7. The Morgan fingerprint density at radius 1 is 1.20 bits per heavy atom. The summed E-state index contributed by atoms with van der Waals surface area (Å²) in [7, 11) is 1.64. The Morgan fingerprint density at radius 2 is 2.05 bits per heavy atom. The summed E-state index contributed by atoms with van der Waals surface area (Å²) >= 11 is 0. The zero-order valence-electron chi connectivity index (χ0n) is 12.1. The molecule has 0 atom stereocenters. The van der Waals surface area contributed by atoms with Crippen LogP contribution in [0.25, 0.3) is 0 Å². The summed E-state index contributed by atoms with van der Waals surface area (Å²) in [6, 6.07) is 7.85. The quantitative estimate of drug-likeness (QED) is 0.842. The fourth-order valence-corrected chi connectivity index (χ4v) is 1.94. The molecule has 2 aromatic rings. The lowest BCUT2D eigenvalue weighted by molar-refractivity contribution is 0.310. The smallest absolute Gasteiger partial charge is 0.161 e. The molecule has 0 aliphatic heterocycles. The third-order valence-corrected chi connectivity index (χ3v) is 2.84. The van der Waals surface area contributed by atoms with E-state index in [0.29, 0.717) is 13.2 Å². The summed E-state index contributed by atoms with van der Waals surface area (Å²) in [5.41, 5.74) is 2.04. The Bertz CT molecular complexity index is 552. The first-order valence-electron chi connectivity index (χ1n) is 6.65. The van der Waals surface area contributed by atoms with Crippen molar-refractivity contribution in [2.24, 2.45) is 0 Å². The molecular formula is C15H20N2O3. The van der Waals surface area contributed by atoms with Gasteiger partial charge in [-0.3, -0.25) is 0 Å². The predicted octanol–water partition coefficient (Wildman–Crippen LogP) is 2.68. The van der Waals surface area contributed by atoms with Crippen molar-refractivity contribution in [3.63, 3.8) is 0 Å².